The molecule has 0 aliphatic rings. The second-order valence-corrected chi connectivity index (χ2v) is 4.56. The van der Waals surface area contributed by atoms with E-state index in [1.807, 2.05) is 18.2 Å². The lowest BCUT2D eigenvalue weighted by Crippen LogP contribution is -2.05. The molecule has 0 aromatic heterocycles. The summed E-state index contributed by atoms with van der Waals surface area (Å²) in [7, 11) is 1.63. The molecule has 0 fully saturated rings. The van der Waals surface area contributed by atoms with Gasteiger partial charge < -0.3 is 19.9 Å². The van der Waals surface area contributed by atoms with Crippen LogP contribution in [0.3, 0.4) is 0 Å². The molecule has 1 rings (SSSR count). The molecule has 0 aliphatic carbocycles. The number of nitrogens with two attached hydrogens (primary N) is 1. The zero-order valence-electron chi connectivity index (χ0n) is 13.0. The average molecular weight is 291 g/mol. The minimum absolute atomic E-state index is 0.332. The zero-order chi connectivity index (χ0) is 15.3. The molecule has 116 valence electrons. The SMILES string of the molecule is CCCCOCCOCc1ccc(OC)c(C#CCN)c1. The summed E-state index contributed by atoms with van der Waals surface area (Å²) in [5.74, 6) is 6.60. The van der Waals surface area contributed by atoms with Crippen LogP contribution in [-0.2, 0) is 16.1 Å². The average Bonchev–Trinajstić information content (AvgIpc) is 2.52. The fourth-order valence-corrected chi connectivity index (χ4v) is 1.75. The highest BCUT2D eigenvalue weighted by Gasteiger charge is 2.02. The van der Waals surface area contributed by atoms with Crippen LogP contribution in [0.25, 0.3) is 0 Å². The molecule has 21 heavy (non-hydrogen) atoms. The van der Waals surface area contributed by atoms with Crippen LogP contribution in [0.1, 0.15) is 30.9 Å². The molecule has 2 N–H and O–H groups in total. The normalized spacial score (nSPS) is 10.0. The highest BCUT2D eigenvalue weighted by Crippen LogP contribution is 2.19. The van der Waals surface area contributed by atoms with Crippen molar-refractivity contribution in [2.24, 2.45) is 5.73 Å². The van der Waals surface area contributed by atoms with Crippen LogP contribution < -0.4 is 10.5 Å². The molecule has 1 aromatic carbocycles. The van der Waals surface area contributed by atoms with E-state index in [2.05, 4.69) is 18.8 Å². The Balaban J connectivity index is 2.41. The number of ether oxygens (including phenoxy) is 3. The van der Waals surface area contributed by atoms with Gasteiger partial charge in [0.05, 0.1) is 39.0 Å². The van der Waals surface area contributed by atoms with Crippen LogP contribution in [0.5, 0.6) is 5.75 Å². The predicted octanol–water partition coefficient (Wildman–Crippen LogP) is 2.34. The Morgan fingerprint density at radius 2 is 1.95 bits per heavy atom. The lowest BCUT2D eigenvalue weighted by atomic mass is 10.1. The van der Waals surface area contributed by atoms with Gasteiger partial charge in [0.25, 0.3) is 0 Å². The summed E-state index contributed by atoms with van der Waals surface area (Å²) >= 11 is 0. The minimum Gasteiger partial charge on any atom is -0.495 e. The first kappa shape index (κ1) is 17.5. The van der Waals surface area contributed by atoms with Crippen molar-refractivity contribution in [3.8, 4) is 17.6 Å². The van der Waals surface area contributed by atoms with Crippen LogP contribution in [0.2, 0.25) is 0 Å². The summed E-state index contributed by atoms with van der Waals surface area (Å²) in [6, 6.07) is 5.85. The van der Waals surface area contributed by atoms with Crippen LogP contribution in [0.15, 0.2) is 18.2 Å². The molecular weight excluding hydrogens is 266 g/mol. The van der Waals surface area contributed by atoms with E-state index in [4.69, 9.17) is 19.9 Å². The van der Waals surface area contributed by atoms with E-state index in [9.17, 15) is 0 Å². The van der Waals surface area contributed by atoms with Gasteiger partial charge in [0.2, 0.25) is 0 Å². The highest BCUT2D eigenvalue weighted by molar-refractivity contribution is 5.48. The third-order valence-electron chi connectivity index (χ3n) is 2.87. The van der Waals surface area contributed by atoms with E-state index < -0.39 is 0 Å². The molecule has 0 spiro atoms. The van der Waals surface area contributed by atoms with E-state index in [1.54, 1.807) is 7.11 Å². The van der Waals surface area contributed by atoms with E-state index in [1.165, 1.54) is 0 Å². The van der Waals surface area contributed by atoms with E-state index in [-0.39, 0.29) is 0 Å². The van der Waals surface area contributed by atoms with Gasteiger partial charge in [-0.2, -0.15) is 0 Å². The molecule has 0 atom stereocenters. The number of benzene rings is 1. The first-order chi connectivity index (χ1) is 10.3. The van der Waals surface area contributed by atoms with E-state index >= 15 is 0 Å². The second-order valence-electron chi connectivity index (χ2n) is 4.56. The topological polar surface area (TPSA) is 53.7 Å². The summed E-state index contributed by atoms with van der Waals surface area (Å²) < 4.78 is 16.3. The number of rotatable bonds is 9. The van der Waals surface area contributed by atoms with Crippen LogP contribution in [0.4, 0.5) is 0 Å². The Bertz CT molecular complexity index is 463. The highest BCUT2D eigenvalue weighted by atomic mass is 16.5. The Hall–Kier alpha value is -1.54. The number of unbranched alkanes of at least 4 members (excludes halogenated alkanes) is 1. The fraction of sp³-hybridized carbons (Fsp3) is 0.529. The van der Waals surface area contributed by atoms with Crippen molar-refractivity contribution in [1.82, 2.24) is 0 Å². The second kappa shape index (κ2) is 11.2. The maximum absolute atomic E-state index is 5.59. The minimum atomic E-state index is 0.332. The maximum atomic E-state index is 5.59. The van der Waals surface area contributed by atoms with Gasteiger partial charge in [-0.25, -0.2) is 0 Å². The first-order valence-electron chi connectivity index (χ1n) is 7.33. The smallest absolute Gasteiger partial charge is 0.134 e. The third-order valence-corrected chi connectivity index (χ3v) is 2.87. The third kappa shape index (κ3) is 7.14. The summed E-state index contributed by atoms with van der Waals surface area (Å²) in [6.45, 7) is 5.06. The van der Waals surface area contributed by atoms with Gasteiger partial charge in [0, 0.05) is 6.61 Å². The molecule has 0 heterocycles. The number of hydrogen-bond acceptors (Lipinski definition) is 4. The van der Waals surface area contributed by atoms with Crippen molar-refractivity contribution in [3.05, 3.63) is 29.3 Å². The van der Waals surface area contributed by atoms with Crippen LogP contribution in [-0.4, -0.2) is 33.5 Å². The Labute approximate surface area is 127 Å². The largest absolute Gasteiger partial charge is 0.495 e. The maximum Gasteiger partial charge on any atom is 0.134 e. The lowest BCUT2D eigenvalue weighted by Gasteiger charge is -2.08. The van der Waals surface area contributed by atoms with Gasteiger partial charge in [-0.3, -0.25) is 0 Å². The number of hydrogen-bond donors (Lipinski definition) is 1. The van der Waals surface area contributed by atoms with E-state index in [0.29, 0.717) is 26.4 Å². The monoisotopic (exact) mass is 291 g/mol. The van der Waals surface area contributed by atoms with Gasteiger partial charge in [-0.05, 0) is 24.1 Å². The summed E-state index contributed by atoms with van der Waals surface area (Å²) in [6.07, 6.45) is 2.25. The standard InChI is InChI=1S/C17H25NO3/c1-3-4-10-20-11-12-21-14-15-7-8-17(19-2)16(13-15)6-5-9-18/h7-8,13H,3-4,9-12,14,18H2,1-2H3. The molecule has 4 nitrogen and oxygen atoms in total. The van der Waals surface area contributed by atoms with Crippen molar-refractivity contribution in [2.45, 2.75) is 26.4 Å². The Morgan fingerprint density at radius 1 is 1.14 bits per heavy atom. The molecule has 0 aliphatic heterocycles. The van der Waals surface area contributed by atoms with Crippen molar-refractivity contribution < 1.29 is 14.2 Å². The molecule has 0 bridgehead atoms. The van der Waals surface area contributed by atoms with Crippen molar-refractivity contribution in [1.29, 1.82) is 0 Å². The van der Waals surface area contributed by atoms with Gasteiger partial charge in [0.15, 0.2) is 0 Å². The number of methoxy groups -OCH3 is 1. The van der Waals surface area contributed by atoms with Gasteiger partial charge in [-0.1, -0.05) is 31.3 Å². The molecule has 0 amide bonds. The Kier molecular flexibility index (Phi) is 9.30. The predicted molar refractivity (Wildman–Crippen MR) is 84.3 cm³/mol. The van der Waals surface area contributed by atoms with Gasteiger partial charge in [-0.15, -0.1) is 0 Å². The lowest BCUT2D eigenvalue weighted by molar-refractivity contribution is 0.0396. The molecule has 1 aromatic rings. The molecule has 4 heteroatoms. The fourth-order valence-electron chi connectivity index (χ4n) is 1.75. The Morgan fingerprint density at radius 3 is 2.67 bits per heavy atom. The quantitative estimate of drug-likeness (QED) is 0.560. The van der Waals surface area contributed by atoms with Crippen molar-refractivity contribution >= 4 is 0 Å². The molecular formula is C17H25NO3. The zero-order valence-corrected chi connectivity index (χ0v) is 13.0. The molecule has 0 unspecified atom stereocenters. The van der Waals surface area contributed by atoms with Crippen LogP contribution >= 0.6 is 0 Å². The van der Waals surface area contributed by atoms with Crippen molar-refractivity contribution in [3.63, 3.8) is 0 Å². The van der Waals surface area contributed by atoms with Gasteiger partial charge >= 0.3 is 0 Å². The summed E-state index contributed by atoms with van der Waals surface area (Å²) in [4.78, 5) is 0. The first-order valence-corrected chi connectivity index (χ1v) is 7.33. The molecule has 0 saturated heterocycles. The van der Waals surface area contributed by atoms with E-state index in [0.717, 1.165) is 36.3 Å². The summed E-state index contributed by atoms with van der Waals surface area (Å²) in [5.41, 5.74) is 7.30. The van der Waals surface area contributed by atoms with Crippen LogP contribution in [0, 0.1) is 11.8 Å². The molecule has 0 radical (unpaired) electrons. The van der Waals surface area contributed by atoms with Gasteiger partial charge in [0.1, 0.15) is 5.75 Å². The summed E-state index contributed by atoms with van der Waals surface area (Å²) in [5, 5.41) is 0. The van der Waals surface area contributed by atoms with Crippen molar-refractivity contribution in [2.75, 3.05) is 33.5 Å². The molecule has 0 saturated carbocycles.